The zero-order valence-electron chi connectivity index (χ0n) is 20.7. The number of nitrogens with zero attached hydrogens (tertiary/aromatic N) is 4. The molecular weight excluding hydrogens is 551 g/mol. The van der Waals surface area contributed by atoms with Gasteiger partial charge in [-0.3, -0.25) is 4.79 Å². The van der Waals surface area contributed by atoms with Crippen LogP contribution in [0.15, 0.2) is 28.2 Å². The lowest BCUT2D eigenvalue weighted by Gasteiger charge is -2.32. The number of piperidine rings is 1. The topological polar surface area (TPSA) is 116 Å². The molecular formula is C23H29ClF3N5O5S. The maximum atomic E-state index is 14.8. The number of alkyl halides is 3. The number of anilines is 1. The summed E-state index contributed by atoms with van der Waals surface area (Å²) in [6, 6.07) is 2.15. The molecule has 38 heavy (non-hydrogen) atoms. The third-order valence-electron chi connectivity index (χ3n) is 6.63. The smallest absolute Gasteiger partial charge is 0.387 e. The Kier molecular flexibility index (Phi) is 8.85. The van der Waals surface area contributed by atoms with Crippen LogP contribution in [0, 0.1) is 0 Å². The highest BCUT2D eigenvalue weighted by Crippen LogP contribution is 2.31. The Labute approximate surface area is 223 Å². The molecule has 0 saturated carbocycles. The van der Waals surface area contributed by atoms with Crippen LogP contribution in [0.5, 0.6) is 5.75 Å². The van der Waals surface area contributed by atoms with E-state index in [4.69, 9.17) is 16.3 Å². The van der Waals surface area contributed by atoms with Gasteiger partial charge in [0.15, 0.2) is 11.4 Å². The largest absolute Gasteiger partial charge is 0.432 e. The second-order valence-corrected chi connectivity index (χ2v) is 11.5. The van der Waals surface area contributed by atoms with Crippen molar-refractivity contribution in [3.05, 3.63) is 39.4 Å². The highest BCUT2D eigenvalue weighted by molar-refractivity contribution is 7.89. The molecule has 2 fully saturated rings. The van der Waals surface area contributed by atoms with E-state index in [2.05, 4.69) is 20.1 Å². The number of hydrogen-bond acceptors (Lipinski definition) is 8. The molecule has 2 aromatic heterocycles. The van der Waals surface area contributed by atoms with E-state index in [0.29, 0.717) is 31.6 Å². The van der Waals surface area contributed by atoms with Gasteiger partial charge in [0.1, 0.15) is 5.02 Å². The number of nitrogens with one attached hydrogen (secondary N) is 1. The van der Waals surface area contributed by atoms with Crippen molar-refractivity contribution in [2.75, 3.05) is 38.2 Å². The van der Waals surface area contributed by atoms with Gasteiger partial charge in [0.05, 0.1) is 31.1 Å². The van der Waals surface area contributed by atoms with Crippen LogP contribution in [-0.2, 0) is 21.2 Å². The standard InChI is InChI=1S/C23H29ClF3N5O5S/c1-2-15-4-5-18(37-22(25)26)20(30-15)38(34,35)31-9-6-16(7-10-31)32-21(33)19(24)17(12-29-32)28-13-23(27)8-3-11-36-14-23/h4-5,12,16,22,28H,2-3,6-11,13-14H2,1H3/t23-/m0/s1. The molecule has 0 radical (unpaired) electrons. The first-order valence-electron chi connectivity index (χ1n) is 12.3. The molecule has 0 aliphatic carbocycles. The van der Waals surface area contributed by atoms with Gasteiger partial charge in [-0.15, -0.1) is 0 Å². The maximum Gasteiger partial charge on any atom is 0.387 e. The molecule has 1 atom stereocenters. The van der Waals surface area contributed by atoms with Crippen molar-refractivity contribution in [3.8, 4) is 5.75 Å². The van der Waals surface area contributed by atoms with Crippen LogP contribution in [0.3, 0.4) is 0 Å². The summed E-state index contributed by atoms with van der Waals surface area (Å²) in [6.07, 6.45) is 3.11. The second-order valence-electron chi connectivity index (χ2n) is 9.26. The van der Waals surface area contributed by atoms with Crippen molar-refractivity contribution in [2.24, 2.45) is 0 Å². The van der Waals surface area contributed by atoms with Crippen molar-refractivity contribution in [1.29, 1.82) is 0 Å². The molecule has 2 aromatic rings. The van der Waals surface area contributed by atoms with Gasteiger partial charge in [-0.05, 0) is 44.2 Å². The number of ether oxygens (including phenoxy) is 2. The van der Waals surface area contributed by atoms with E-state index in [1.807, 2.05) is 0 Å². The van der Waals surface area contributed by atoms with E-state index in [1.54, 1.807) is 6.92 Å². The molecule has 0 unspecified atom stereocenters. The zero-order chi connectivity index (χ0) is 27.5. The molecule has 2 saturated heterocycles. The normalized spacial score (nSPS) is 21.5. The minimum absolute atomic E-state index is 0.00470. The average Bonchev–Trinajstić information content (AvgIpc) is 2.90. The highest BCUT2D eigenvalue weighted by Gasteiger charge is 2.35. The zero-order valence-corrected chi connectivity index (χ0v) is 22.3. The molecule has 0 aromatic carbocycles. The Bertz CT molecular complexity index is 1300. The van der Waals surface area contributed by atoms with E-state index < -0.39 is 44.7 Å². The van der Waals surface area contributed by atoms with Gasteiger partial charge in [0, 0.05) is 25.4 Å². The Morgan fingerprint density at radius 3 is 2.68 bits per heavy atom. The monoisotopic (exact) mass is 579 g/mol. The van der Waals surface area contributed by atoms with Crippen LogP contribution >= 0.6 is 11.6 Å². The van der Waals surface area contributed by atoms with Crippen molar-refractivity contribution in [3.63, 3.8) is 0 Å². The summed E-state index contributed by atoms with van der Waals surface area (Å²) >= 11 is 6.27. The number of sulfonamides is 1. The summed E-state index contributed by atoms with van der Waals surface area (Å²) in [4.78, 5) is 17.0. The van der Waals surface area contributed by atoms with Crippen LogP contribution < -0.4 is 15.6 Å². The summed E-state index contributed by atoms with van der Waals surface area (Å²) in [6.45, 7) is -1.08. The number of pyridine rings is 1. The molecule has 210 valence electrons. The second kappa shape index (κ2) is 11.8. The summed E-state index contributed by atoms with van der Waals surface area (Å²) < 4.78 is 79.0. The predicted molar refractivity (Wildman–Crippen MR) is 133 cm³/mol. The van der Waals surface area contributed by atoms with E-state index in [-0.39, 0.29) is 49.8 Å². The number of halogens is 4. The average molecular weight is 580 g/mol. The lowest BCUT2D eigenvalue weighted by molar-refractivity contribution is -0.0522. The van der Waals surface area contributed by atoms with Crippen molar-refractivity contribution in [2.45, 2.75) is 62.4 Å². The molecule has 1 N–H and O–H groups in total. The fourth-order valence-corrected chi connectivity index (χ4v) is 6.26. The van der Waals surface area contributed by atoms with Crippen LogP contribution in [0.25, 0.3) is 0 Å². The van der Waals surface area contributed by atoms with Crippen molar-refractivity contribution < 1.29 is 31.1 Å². The Morgan fingerprint density at radius 1 is 1.32 bits per heavy atom. The summed E-state index contributed by atoms with van der Waals surface area (Å²) in [5.74, 6) is -0.526. The van der Waals surface area contributed by atoms with E-state index >= 15 is 0 Å². The summed E-state index contributed by atoms with van der Waals surface area (Å²) in [5, 5.41) is 6.31. The molecule has 10 nitrogen and oxygen atoms in total. The van der Waals surface area contributed by atoms with Crippen LogP contribution in [0.4, 0.5) is 18.9 Å². The quantitative estimate of drug-likeness (QED) is 0.481. The van der Waals surface area contributed by atoms with Crippen LogP contribution in [-0.4, -0.2) is 72.6 Å². The highest BCUT2D eigenvalue weighted by atomic mass is 35.5. The Morgan fingerprint density at radius 2 is 2.05 bits per heavy atom. The van der Waals surface area contributed by atoms with Gasteiger partial charge in [0.2, 0.25) is 5.03 Å². The van der Waals surface area contributed by atoms with Gasteiger partial charge < -0.3 is 14.8 Å². The fourth-order valence-electron chi connectivity index (χ4n) is 4.52. The molecule has 0 amide bonds. The van der Waals surface area contributed by atoms with E-state index in [1.165, 1.54) is 23.0 Å². The van der Waals surface area contributed by atoms with Crippen LogP contribution in [0.2, 0.25) is 5.02 Å². The van der Waals surface area contributed by atoms with Gasteiger partial charge in [0.25, 0.3) is 15.6 Å². The van der Waals surface area contributed by atoms with Crippen molar-refractivity contribution >= 4 is 27.3 Å². The first-order valence-corrected chi connectivity index (χ1v) is 14.1. The lowest BCUT2D eigenvalue weighted by atomic mass is 9.99. The first-order chi connectivity index (χ1) is 18.0. The lowest BCUT2D eigenvalue weighted by Crippen LogP contribution is -2.42. The number of hydrogen-bond donors (Lipinski definition) is 1. The molecule has 0 bridgehead atoms. The third kappa shape index (κ3) is 6.24. The SMILES string of the molecule is CCc1ccc(OC(F)F)c(S(=O)(=O)N2CCC(n3ncc(NC[C@@]4(F)CCCOC4)c(Cl)c3=O)CC2)n1. The molecule has 2 aliphatic rings. The van der Waals surface area contributed by atoms with Gasteiger partial charge in [-0.2, -0.15) is 18.2 Å². The number of aryl methyl sites for hydroxylation is 1. The first kappa shape index (κ1) is 28.6. The van der Waals surface area contributed by atoms with Crippen molar-refractivity contribution in [1.82, 2.24) is 19.1 Å². The minimum atomic E-state index is -4.25. The fraction of sp³-hybridized carbons (Fsp3) is 0.609. The van der Waals surface area contributed by atoms with Gasteiger partial charge in [-0.1, -0.05) is 18.5 Å². The third-order valence-corrected chi connectivity index (χ3v) is 8.82. The Hall–Kier alpha value is -2.42. The maximum absolute atomic E-state index is 14.8. The van der Waals surface area contributed by atoms with Gasteiger partial charge >= 0.3 is 6.61 Å². The number of aromatic nitrogens is 3. The number of rotatable bonds is 9. The van der Waals surface area contributed by atoms with E-state index in [0.717, 1.165) is 4.31 Å². The van der Waals surface area contributed by atoms with Gasteiger partial charge in [-0.25, -0.2) is 22.5 Å². The van der Waals surface area contributed by atoms with E-state index in [9.17, 15) is 26.4 Å². The van der Waals surface area contributed by atoms with Crippen LogP contribution in [0.1, 0.15) is 44.3 Å². The molecule has 0 spiro atoms. The molecule has 15 heteroatoms. The molecule has 4 rings (SSSR count). The summed E-state index contributed by atoms with van der Waals surface area (Å²) in [5.41, 5.74) is -1.55. The summed E-state index contributed by atoms with van der Waals surface area (Å²) in [7, 11) is -4.25. The Balaban J connectivity index is 1.46. The minimum Gasteiger partial charge on any atom is -0.432 e. The molecule has 2 aliphatic heterocycles. The predicted octanol–water partition coefficient (Wildman–Crippen LogP) is 3.41. The molecule has 4 heterocycles.